The van der Waals surface area contributed by atoms with Gasteiger partial charge in [-0.05, 0) is 82.8 Å². The maximum atomic E-state index is 6.89. The molecule has 1 N–H and O–H groups in total. The summed E-state index contributed by atoms with van der Waals surface area (Å²) in [5.41, 5.74) is 3.07. The molecule has 8 heteroatoms. The number of hydrogen-bond donors (Lipinski definition) is 1. The third-order valence-corrected chi connectivity index (χ3v) is 8.78. The Labute approximate surface area is 218 Å². The van der Waals surface area contributed by atoms with Crippen molar-refractivity contribution >= 4 is 67.6 Å². The van der Waals surface area contributed by atoms with Crippen LogP contribution >= 0.6 is 51.1 Å². The lowest BCUT2D eigenvalue weighted by atomic mass is 9.91. The number of halogens is 2. The third-order valence-electron chi connectivity index (χ3n) is 6.40. The van der Waals surface area contributed by atoms with Crippen LogP contribution in [0.1, 0.15) is 42.9 Å². The van der Waals surface area contributed by atoms with Crippen LogP contribution < -0.4 is 15.1 Å². The lowest BCUT2D eigenvalue weighted by Gasteiger charge is -2.37. The van der Waals surface area contributed by atoms with E-state index in [1.54, 1.807) is 11.3 Å². The van der Waals surface area contributed by atoms with E-state index in [-0.39, 0.29) is 12.1 Å². The predicted molar refractivity (Wildman–Crippen MR) is 147 cm³/mol. The summed E-state index contributed by atoms with van der Waals surface area (Å²) in [6.45, 7) is 6.73. The first-order valence-electron chi connectivity index (χ1n) is 11.2. The minimum atomic E-state index is -0.0495. The molecular weight excluding hydrogens is 536 g/mol. The van der Waals surface area contributed by atoms with Crippen LogP contribution in [0.25, 0.3) is 0 Å². The fourth-order valence-electron chi connectivity index (χ4n) is 5.17. The van der Waals surface area contributed by atoms with Gasteiger partial charge in [-0.25, -0.2) is 0 Å². The minimum absolute atomic E-state index is 0.0133. The van der Waals surface area contributed by atoms with Crippen LogP contribution in [0.5, 0.6) is 0 Å². The van der Waals surface area contributed by atoms with Crippen molar-refractivity contribution in [3.05, 3.63) is 74.1 Å². The van der Waals surface area contributed by atoms with Gasteiger partial charge in [0, 0.05) is 39.7 Å². The third kappa shape index (κ3) is 4.65. The molecule has 0 unspecified atom stereocenters. The number of rotatable bonds is 4. The average Bonchev–Trinajstić information content (AvgIpc) is 3.36. The standard InChI is InChI=1S/C25H26BrClN4S2/c1-15-9-16(2)13-30(12-15)21-7-6-18(11-19(21)27)31-24(22-10-17(26)14-33-22)23(29-25(31)32)20-5-3-4-8-28-20/h3-8,10-11,14-16,23-24H,9,12-13H2,1-2H3,(H,29,32)/t15-,16-,23+,24+/m1/s1. The molecule has 0 bridgehead atoms. The SMILES string of the molecule is C[C@@H]1C[C@@H](C)CN(c2ccc(N3C(=S)N[C@@H](c4ccccn4)[C@@H]3c3cc(Br)cs3)cc2Cl)C1. The Kier molecular flexibility index (Phi) is 6.67. The maximum Gasteiger partial charge on any atom is 0.174 e. The molecule has 3 aromatic rings. The van der Waals surface area contributed by atoms with Gasteiger partial charge in [0.15, 0.2) is 5.11 Å². The number of nitrogens with zero attached hydrogens (tertiary/aromatic N) is 3. The largest absolute Gasteiger partial charge is 0.370 e. The van der Waals surface area contributed by atoms with Crippen molar-refractivity contribution in [3.8, 4) is 0 Å². The number of thiophene rings is 1. The van der Waals surface area contributed by atoms with Crippen molar-refractivity contribution in [1.29, 1.82) is 0 Å². The Morgan fingerprint density at radius 1 is 1.15 bits per heavy atom. The summed E-state index contributed by atoms with van der Waals surface area (Å²) in [6.07, 6.45) is 3.10. The number of thiocarbonyl (C=S) groups is 1. The summed E-state index contributed by atoms with van der Waals surface area (Å²) in [6, 6.07) is 14.5. The van der Waals surface area contributed by atoms with Gasteiger partial charge in [-0.15, -0.1) is 11.3 Å². The molecule has 0 saturated carbocycles. The molecule has 2 fully saturated rings. The highest BCUT2D eigenvalue weighted by molar-refractivity contribution is 9.10. The molecule has 0 amide bonds. The zero-order valence-corrected chi connectivity index (χ0v) is 22.5. The topological polar surface area (TPSA) is 31.4 Å². The first kappa shape index (κ1) is 23.1. The predicted octanol–water partition coefficient (Wildman–Crippen LogP) is 7.22. The highest BCUT2D eigenvalue weighted by atomic mass is 79.9. The Hall–Kier alpha value is -1.67. The molecule has 5 rings (SSSR count). The number of aromatic nitrogens is 1. The van der Waals surface area contributed by atoms with Gasteiger partial charge in [0.05, 0.1) is 28.5 Å². The zero-order chi connectivity index (χ0) is 23.1. The molecule has 4 heterocycles. The maximum absolute atomic E-state index is 6.89. The van der Waals surface area contributed by atoms with E-state index in [9.17, 15) is 0 Å². The van der Waals surface area contributed by atoms with Gasteiger partial charge < -0.3 is 15.1 Å². The van der Waals surface area contributed by atoms with E-state index in [1.165, 1.54) is 11.3 Å². The fraction of sp³-hybridized carbons (Fsp3) is 0.360. The second-order valence-electron chi connectivity index (χ2n) is 9.15. The molecule has 33 heavy (non-hydrogen) atoms. The fourth-order valence-corrected chi connectivity index (χ4v) is 7.38. The minimum Gasteiger partial charge on any atom is -0.370 e. The summed E-state index contributed by atoms with van der Waals surface area (Å²) in [5.74, 6) is 1.33. The molecule has 0 aliphatic carbocycles. The molecule has 1 aromatic carbocycles. The van der Waals surface area contributed by atoms with E-state index < -0.39 is 0 Å². The summed E-state index contributed by atoms with van der Waals surface area (Å²) in [4.78, 5) is 10.4. The first-order valence-corrected chi connectivity index (χ1v) is 13.7. The molecular formula is C25H26BrClN4S2. The van der Waals surface area contributed by atoms with Crippen LogP contribution in [0.4, 0.5) is 11.4 Å². The van der Waals surface area contributed by atoms with E-state index in [0.29, 0.717) is 16.9 Å². The molecule has 0 radical (unpaired) electrons. The van der Waals surface area contributed by atoms with E-state index in [2.05, 4.69) is 79.5 Å². The Morgan fingerprint density at radius 2 is 1.94 bits per heavy atom. The number of piperidine rings is 1. The van der Waals surface area contributed by atoms with Crippen molar-refractivity contribution in [1.82, 2.24) is 10.3 Å². The van der Waals surface area contributed by atoms with Crippen molar-refractivity contribution in [2.24, 2.45) is 11.8 Å². The molecule has 2 aliphatic rings. The van der Waals surface area contributed by atoms with Gasteiger partial charge in [-0.3, -0.25) is 4.98 Å². The highest BCUT2D eigenvalue weighted by Crippen LogP contribution is 2.45. The molecule has 172 valence electrons. The summed E-state index contributed by atoms with van der Waals surface area (Å²) >= 11 is 18.1. The Morgan fingerprint density at radius 3 is 2.58 bits per heavy atom. The molecule has 2 saturated heterocycles. The van der Waals surface area contributed by atoms with Crippen molar-refractivity contribution in [3.63, 3.8) is 0 Å². The van der Waals surface area contributed by atoms with Crippen LogP contribution in [-0.4, -0.2) is 23.2 Å². The van der Waals surface area contributed by atoms with Crippen LogP contribution in [0.2, 0.25) is 5.02 Å². The highest BCUT2D eigenvalue weighted by Gasteiger charge is 2.41. The van der Waals surface area contributed by atoms with Gasteiger partial charge in [0.25, 0.3) is 0 Å². The zero-order valence-electron chi connectivity index (χ0n) is 18.5. The van der Waals surface area contributed by atoms with Gasteiger partial charge in [0.2, 0.25) is 0 Å². The van der Waals surface area contributed by atoms with Gasteiger partial charge >= 0.3 is 0 Å². The molecule has 0 spiro atoms. The number of nitrogens with one attached hydrogen (secondary N) is 1. The summed E-state index contributed by atoms with van der Waals surface area (Å²) in [7, 11) is 0. The normalized spacial score (nSPS) is 25.4. The van der Waals surface area contributed by atoms with E-state index >= 15 is 0 Å². The summed E-state index contributed by atoms with van der Waals surface area (Å²) in [5, 5.41) is 7.08. The quantitative estimate of drug-likeness (QED) is 0.340. The number of pyridine rings is 1. The monoisotopic (exact) mass is 560 g/mol. The molecule has 2 aromatic heterocycles. The lowest BCUT2D eigenvalue weighted by molar-refractivity contribution is 0.357. The number of hydrogen-bond acceptors (Lipinski definition) is 4. The average molecular weight is 562 g/mol. The van der Waals surface area contributed by atoms with Gasteiger partial charge in [-0.1, -0.05) is 31.5 Å². The van der Waals surface area contributed by atoms with E-state index in [0.717, 1.165) is 39.7 Å². The van der Waals surface area contributed by atoms with E-state index in [1.807, 2.05) is 24.4 Å². The Bertz CT molecular complexity index is 1140. The molecule has 2 aliphatic heterocycles. The van der Waals surface area contributed by atoms with Crippen molar-refractivity contribution in [2.75, 3.05) is 22.9 Å². The van der Waals surface area contributed by atoms with Crippen LogP contribution in [0.3, 0.4) is 0 Å². The van der Waals surface area contributed by atoms with Crippen LogP contribution in [0, 0.1) is 11.8 Å². The Balaban J connectivity index is 1.51. The lowest BCUT2D eigenvalue weighted by Crippen LogP contribution is -2.38. The van der Waals surface area contributed by atoms with Crippen LogP contribution in [0.15, 0.2) is 58.5 Å². The second-order valence-corrected chi connectivity index (χ2v) is 11.8. The number of benzene rings is 1. The van der Waals surface area contributed by atoms with Gasteiger partial charge in [-0.2, -0.15) is 0 Å². The van der Waals surface area contributed by atoms with Crippen molar-refractivity contribution in [2.45, 2.75) is 32.4 Å². The van der Waals surface area contributed by atoms with Gasteiger partial charge in [0.1, 0.15) is 0 Å². The second kappa shape index (κ2) is 9.53. The van der Waals surface area contributed by atoms with Crippen molar-refractivity contribution < 1.29 is 0 Å². The molecule has 4 atom stereocenters. The van der Waals surface area contributed by atoms with Crippen LogP contribution in [-0.2, 0) is 0 Å². The first-order chi connectivity index (χ1) is 15.9. The molecule has 4 nitrogen and oxygen atoms in total. The van der Waals surface area contributed by atoms with E-state index in [4.69, 9.17) is 23.8 Å². The smallest absolute Gasteiger partial charge is 0.174 e. The summed E-state index contributed by atoms with van der Waals surface area (Å²) < 4.78 is 1.07. The number of anilines is 2.